The predicted molar refractivity (Wildman–Crippen MR) is 53.5 cm³/mol. The molecule has 0 aromatic heterocycles. The van der Waals surface area contributed by atoms with E-state index in [1.807, 2.05) is 0 Å². The molecule has 1 N–H and O–H groups in total. The average molecular weight is 252 g/mol. The molecule has 2 aliphatic rings. The minimum atomic E-state index is -1.90. The number of carbonyl (C=O) groups excluding carboxylic acids is 4. The van der Waals surface area contributed by atoms with Crippen molar-refractivity contribution >= 4 is 29.6 Å². The summed E-state index contributed by atoms with van der Waals surface area (Å²) in [5.74, 6) is -4.75. The Hall–Kier alpha value is -2.51. The Balaban J connectivity index is 2.38. The number of nitrogens with zero attached hydrogens (tertiary/aromatic N) is 2. The van der Waals surface area contributed by atoms with Gasteiger partial charge in [0.05, 0.1) is 0 Å². The maximum Gasteiger partial charge on any atom is 0.348 e. The van der Waals surface area contributed by atoms with Crippen molar-refractivity contribution in [2.24, 2.45) is 0 Å². The Morgan fingerprint density at radius 1 is 1.00 bits per heavy atom. The molecule has 8 nitrogen and oxygen atoms in total. The van der Waals surface area contributed by atoms with Crippen molar-refractivity contribution in [2.75, 3.05) is 0 Å². The van der Waals surface area contributed by atoms with Crippen LogP contribution in [-0.4, -0.2) is 50.7 Å². The summed E-state index contributed by atoms with van der Waals surface area (Å²) in [6.45, 7) is 0. The number of carbonyl (C=O) groups is 5. The molecular weight excluding hydrogens is 244 g/mol. The molecule has 94 valence electrons. The lowest BCUT2D eigenvalue weighted by Crippen LogP contribution is -2.57. The highest BCUT2D eigenvalue weighted by atomic mass is 16.4. The summed E-state index contributed by atoms with van der Waals surface area (Å²) < 4.78 is 0. The number of likely N-dealkylation sites (tertiary alicyclic amines) is 1. The Kier molecular flexibility index (Phi) is 2.70. The third-order valence-electron chi connectivity index (χ3n) is 2.64. The van der Waals surface area contributed by atoms with Gasteiger partial charge in [-0.25, -0.2) is 14.6 Å². The quantitative estimate of drug-likeness (QED) is 0.610. The normalized spacial score (nSPS) is 21.1. The van der Waals surface area contributed by atoms with E-state index in [-0.39, 0.29) is 12.8 Å². The first-order valence-electron chi connectivity index (χ1n) is 5.06. The number of carboxylic acids is 1. The lowest BCUT2D eigenvalue weighted by Gasteiger charge is -2.28. The Morgan fingerprint density at radius 2 is 1.44 bits per heavy atom. The molecule has 1 saturated heterocycles. The maximum absolute atomic E-state index is 11.5. The smallest absolute Gasteiger partial charge is 0.348 e. The van der Waals surface area contributed by atoms with Crippen molar-refractivity contribution in [1.82, 2.24) is 9.80 Å². The van der Waals surface area contributed by atoms with Crippen LogP contribution in [-0.2, 0) is 24.0 Å². The summed E-state index contributed by atoms with van der Waals surface area (Å²) >= 11 is 0. The molecule has 0 bridgehead atoms. The molecule has 1 atom stereocenters. The Morgan fingerprint density at radius 3 is 1.83 bits per heavy atom. The second kappa shape index (κ2) is 4.06. The van der Waals surface area contributed by atoms with Gasteiger partial charge in [-0.3, -0.25) is 19.2 Å². The molecule has 2 rings (SSSR count). The van der Waals surface area contributed by atoms with Crippen LogP contribution in [0.2, 0.25) is 0 Å². The molecule has 18 heavy (non-hydrogen) atoms. The summed E-state index contributed by atoms with van der Waals surface area (Å²) in [5.41, 5.74) is 0. The van der Waals surface area contributed by atoms with Crippen molar-refractivity contribution in [3.8, 4) is 0 Å². The number of aliphatic carboxylic acids is 1. The van der Waals surface area contributed by atoms with Crippen LogP contribution >= 0.6 is 0 Å². The minimum absolute atomic E-state index is 0.119. The van der Waals surface area contributed by atoms with E-state index in [4.69, 9.17) is 5.11 Å². The molecule has 2 heterocycles. The van der Waals surface area contributed by atoms with E-state index in [1.165, 1.54) is 0 Å². The van der Waals surface area contributed by atoms with Gasteiger partial charge in [0, 0.05) is 25.0 Å². The number of rotatable bonds is 3. The van der Waals surface area contributed by atoms with E-state index in [0.29, 0.717) is 9.80 Å². The number of hydrogen-bond donors (Lipinski definition) is 1. The van der Waals surface area contributed by atoms with Crippen LogP contribution in [0, 0.1) is 0 Å². The number of imide groups is 2. The van der Waals surface area contributed by atoms with E-state index in [0.717, 1.165) is 12.2 Å². The molecule has 2 aliphatic heterocycles. The fourth-order valence-corrected chi connectivity index (χ4v) is 1.86. The van der Waals surface area contributed by atoms with Crippen LogP contribution in [0.25, 0.3) is 0 Å². The summed E-state index contributed by atoms with van der Waals surface area (Å²) in [6, 6.07) is 0. The average Bonchev–Trinajstić information content (AvgIpc) is 2.78. The molecule has 0 spiro atoms. The Labute approximate surface area is 100 Å². The molecule has 0 aromatic carbocycles. The number of carboxylic acid groups (broad SMARTS) is 1. The van der Waals surface area contributed by atoms with Gasteiger partial charge in [-0.1, -0.05) is 0 Å². The van der Waals surface area contributed by atoms with Crippen LogP contribution in [0.15, 0.2) is 12.2 Å². The highest BCUT2D eigenvalue weighted by molar-refractivity contribution is 6.16. The fourth-order valence-electron chi connectivity index (χ4n) is 1.86. The first-order chi connectivity index (χ1) is 8.43. The van der Waals surface area contributed by atoms with Gasteiger partial charge in [0.2, 0.25) is 18.0 Å². The van der Waals surface area contributed by atoms with Gasteiger partial charge >= 0.3 is 5.97 Å². The van der Waals surface area contributed by atoms with Gasteiger partial charge in [0.1, 0.15) is 0 Å². The van der Waals surface area contributed by atoms with E-state index in [2.05, 4.69) is 0 Å². The van der Waals surface area contributed by atoms with Gasteiger partial charge in [-0.2, -0.15) is 0 Å². The van der Waals surface area contributed by atoms with Crippen molar-refractivity contribution < 1.29 is 29.1 Å². The van der Waals surface area contributed by atoms with Gasteiger partial charge in [-0.15, -0.1) is 0 Å². The van der Waals surface area contributed by atoms with Gasteiger partial charge in [0.25, 0.3) is 11.8 Å². The summed E-state index contributed by atoms with van der Waals surface area (Å²) in [7, 11) is 0. The number of hydrogen-bond acceptors (Lipinski definition) is 5. The van der Waals surface area contributed by atoms with Gasteiger partial charge in [0.15, 0.2) is 0 Å². The van der Waals surface area contributed by atoms with Crippen LogP contribution in [0.4, 0.5) is 0 Å². The van der Waals surface area contributed by atoms with Gasteiger partial charge < -0.3 is 5.11 Å². The molecule has 0 radical (unpaired) electrons. The lowest BCUT2D eigenvalue weighted by molar-refractivity contribution is -0.167. The second-order valence-corrected chi connectivity index (χ2v) is 3.75. The summed E-state index contributed by atoms with van der Waals surface area (Å²) in [5, 5.41) is 9.05. The van der Waals surface area contributed by atoms with Gasteiger partial charge in [-0.05, 0) is 0 Å². The minimum Gasteiger partial charge on any atom is -0.478 e. The molecule has 1 unspecified atom stereocenters. The molecular formula is C10H8N2O6. The zero-order valence-electron chi connectivity index (χ0n) is 9.03. The number of amides is 4. The first kappa shape index (κ1) is 12.0. The van der Waals surface area contributed by atoms with E-state index in [1.54, 1.807) is 0 Å². The summed E-state index contributed by atoms with van der Waals surface area (Å²) in [4.78, 5) is 57.7. The van der Waals surface area contributed by atoms with Crippen LogP contribution in [0.1, 0.15) is 12.8 Å². The molecule has 4 amide bonds. The fraction of sp³-hybridized carbons (Fsp3) is 0.300. The van der Waals surface area contributed by atoms with Crippen molar-refractivity contribution in [1.29, 1.82) is 0 Å². The Bertz CT molecular complexity index is 472. The topological polar surface area (TPSA) is 112 Å². The van der Waals surface area contributed by atoms with E-state index < -0.39 is 35.8 Å². The summed E-state index contributed by atoms with van der Waals surface area (Å²) in [6.07, 6.45) is -0.354. The lowest BCUT2D eigenvalue weighted by atomic mass is 10.3. The molecule has 0 saturated carbocycles. The molecule has 0 aliphatic carbocycles. The SMILES string of the molecule is O=C(O)C(N1C(=O)C=CC1=O)N1C(=O)CCC1=O. The third kappa shape index (κ3) is 1.67. The predicted octanol–water partition coefficient (Wildman–Crippen LogP) is -1.53. The zero-order chi connectivity index (χ0) is 13.4. The zero-order valence-corrected chi connectivity index (χ0v) is 9.03. The molecule has 8 heteroatoms. The van der Waals surface area contributed by atoms with Crippen LogP contribution < -0.4 is 0 Å². The van der Waals surface area contributed by atoms with E-state index >= 15 is 0 Å². The highest BCUT2D eigenvalue weighted by Gasteiger charge is 2.46. The van der Waals surface area contributed by atoms with Crippen molar-refractivity contribution in [3.05, 3.63) is 12.2 Å². The molecule has 0 aromatic rings. The first-order valence-corrected chi connectivity index (χ1v) is 5.06. The largest absolute Gasteiger partial charge is 0.478 e. The second-order valence-electron chi connectivity index (χ2n) is 3.75. The van der Waals surface area contributed by atoms with Crippen LogP contribution in [0.3, 0.4) is 0 Å². The molecule has 1 fully saturated rings. The van der Waals surface area contributed by atoms with Crippen LogP contribution in [0.5, 0.6) is 0 Å². The third-order valence-corrected chi connectivity index (χ3v) is 2.64. The van der Waals surface area contributed by atoms with E-state index in [9.17, 15) is 24.0 Å². The van der Waals surface area contributed by atoms with Crippen molar-refractivity contribution in [3.63, 3.8) is 0 Å². The highest BCUT2D eigenvalue weighted by Crippen LogP contribution is 2.20. The van der Waals surface area contributed by atoms with Crippen molar-refractivity contribution in [2.45, 2.75) is 19.0 Å². The monoisotopic (exact) mass is 252 g/mol. The standard InChI is InChI=1S/C10H8N2O6/c13-5-1-2-6(14)11(5)9(10(17)18)12-7(15)3-4-8(12)16/h1-2,9H,3-4H2,(H,17,18). The maximum atomic E-state index is 11.5.